The lowest BCUT2D eigenvalue weighted by Crippen LogP contribution is -2.39. The number of rotatable bonds is 3. The number of hydrogen-bond acceptors (Lipinski definition) is 8. The van der Waals surface area contributed by atoms with E-state index in [4.69, 9.17) is 10.8 Å². The zero-order valence-electron chi connectivity index (χ0n) is 11.7. The number of hydrogen-bond donors (Lipinski definition) is 3. The van der Waals surface area contributed by atoms with Crippen LogP contribution in [0.3, 0.4) is 0 Å². The van der Waals surface area contributed by atoms with Gasteiger partial charge in [0.1, 0.15) is 11.8 Å². The first-order valence-electron chi connectivity index (χ1n) is 6.09. The zero-order chi connectivity index (χ0) is 18.3. The molecule has 9 nitrogen and oxygen atoms in total. The second-order valence-corrected chi connectivity index (χ2v) is 4.24. The molecule has 1 aromatic carbocycles. The summed E-state index contributed by atoms with van der Waals surface area (Å²) in [5, 5.41) is 9.09. The van der Waals surface area contributed by atoms with E-state index in [2.05, 4.69) is 14.6 Å². The summed E-state index contributed by atoms with van der Waals surface area (Å²) in [5.41, 5.74) is 7.35. The number of nitrogens with two attached hydrogens (primary N) is 1. The van der Waals surface area contributed by atoms with Crippen LogP contribution in [0.5, 0.6) is 5.75 Å². The van der Waals surface area contributed by atoms with E-state index >= 15 is 0 Å². The van der Waals surface area contributed by atoms with Gasteiger partial charge in [0.05, 0.1) is 0 Å². The zero-order valence-corrected chi connectivity index (χ0v) is 11.7. The molecule has 0 saturated heterocycles. The number of carbonyl (C=O) groups excluding carboxylic acids is 3. The molecule has 24 heavy (non-hydrogen) atoms. The van der Waals surface area contributed by atoms with Crippen LogP contribution in [0.25, 0.3) is 0 Å². The summed E-state index contributed by atoms with van der Waals surface area (Å²) in [6, 6.07) is 4.46. The van der Waals surface area contributed by atoms with Gasteiger partial charge in [-0.15, -0.1) is 5.48 Å². The van der Waals surface area contributed by atoms with E-state index in [1.807, 2.05) is 0 Å². The summed E-state index contributed by atoms with van der Waals surface area (Å²) in [6.45, 7) is 0. The lowest BCUT2D eigenvalue weighted by molar-refractivity contribution is -0.272. The third kappa shape index (κ3) is 6.39. The normalized spacial score (nSPS) is 12.0. The van der Waals surface area contributed by atoms with Gasteiger partial charge in [0.15, 0.2) is 0 Å². The maximum atomic E-state index is 11.7. The van der Waals surface area contributed by atoms with Crippen LogP contribution in [-0.2, 0) is 30.6 Å². The topological polar surface area (TPSA) is 137 Å². The predicted molar refractivity (Wildman–Crippen MR) is 67.6 cm³/mol. The molecule has 0 bridgehead atoms. The Morgan fingerprint density at radius 2 is 1.75 bits per heavy atom. The minimum atomic E-state index is -5.36. The van der Waals surface area contributed by atoms with Crippen molar-refractivity contribution in [2.75, 3.05) is 0 Å². The largest absolute Gasteiger partial charge is 0.508 e. The smallest absolute Gasteiger partial charge is 0.495 e. The highest BCUT2D eigenvalue weighted by atomic mass is 19.4. The third-order valence-electron chi connectivity index (χ3n) is 2.35. The maximum absolute atomic E-state index is 11.7. The summed E-state index contributed by atoms with van der Waals surface area (Å²) in [4.78, 5) is 43.3. The van der Waals surface area contributed by atoms with E-state index in [0.29, 0.717) is 5.56 Å². The minimum absolute atomic E-state index is 0.00714. The molecule has 0 aromatic heterocycles. The summed E-state index contributed by atoms with van der Waals surface area (Å²) < 4.78 is 35.2. The Labute approximate surface area is 132 Å². The van der Waals surface area contributed by atoms with Crippen molar-refractivity contribution in [3.8, 4) is 5.75 Å². The van der Waals surface area contributed by atoms with E-state index in [1.54, 1.807) is 0 Å². The van der Waals surface area contributed by atoms with E-state index in [0.717, 1.165) is 0 Å². The number of amides is 1. The molecule has 1 aromatic rings. The third-order valence-corrected chi connectivity index (χ3v) is 2.35. The Kier molecular flexibility index (Phi) is 6.35. The van der Waals surface area contributed by atoms with Crippen LogP contribution in [0.1, 0.15) is 5.56 Å². The highest BCUT2D eigenvalue weighted by Gasteiger charge is 2.43. The Hall–Kier alpha value is -3.02. The average molecular weight is 352 g/mol. The van der Waals surface area contributed by atoms with E-state index in [-0.39, 0.29) is 12.2 Å². The second kappa shape index (κ2) is 8.01. The van der Waals surface area contributed by atoms with Crippen LogP contribution in [-0.4, -0.2) is 35.4 Å². The summed E-state index contributed by atoms with van der Waals surface area (Å²) in [7, 11) is 0. The van der Waals surface area contributed by atoms with Gasteiger partial charge in [0.25, 0.3) is 0 Å². The van der Waals surface area contributed by atoms with Crippen LogP contribution in [0.2, 0.25) is 0 Å². The highest BCUT2D eigenvalue weighted by molar-refractivity contribution is 5.78. The van der Waals surface area contributed by atoms with Crippen molar-refractivity contribution in [2.24, 2.45) is 5.73 Å². The molecule has 0 radical (unpaired) electrons. The number of benzene rings is 1. The molecule has 1 rings (SSSR count). The molecule has 0 aliphatic heterocycles. The van der Waals surface area contributed by atoms with Crippen molar-refractivity contribution in [1.82, 2.24) is 5.48 Å². The molecule has 1 unspecified atom stereocenters. The van der Waals surface area contributed by atoms with Crippen LogP contribution >= 0.6 is 0 Å². The lowest BCUT2D eigenvalue weighted by atomic mass is 10.1. The van der Waals surface area contributed by atoms with Crippen molar-refractivity contribution in [3.05, 3.63) is 29.8 Å². The number of halogens is 3. The second-order valence-electron chi connectivity index (χ2n) is 4.24. The molecule has 0 aliphatic rings. The number of carbonyl (C=O) groups is 3. The summed E-state index contributed by atoms with van der Waals surface area (Å²) in [6.07, 6.45) is -7.15. The Balaban J connectivity index is 2.35. The number of phenolic OH excluding ortho intramolecular Hbond substituents is 1. The monoisotopic (exact) mass is 352 g/mol. The molecular weight excluding hydrogens is 341 g/mol. The van der Waals surface area contributed by atoms with Gasteiger partial charge in [-0.25, -0.2) is 24.2 Å². The first-order valence-corrected chi connectivity index (χ1v) is 6.09. The molecule has 132 valence electrons. The van der Waals surface area contributed by atoms with Gasteiger partial charge in [0.2, 0.25) is 0 Å². The van der Waals surface area contributed by atoms with E-state index in [9.17, 15) is 27.6 Å². The van der Waals surface area contributed by atoms with Crippen LogP contribution in [0, 0.1) is 0 Å². The number of hydroxylamine groups is 1. The predicted octanol–water partition coefficient (Wildman–Crippen LogP) is 0.467. The molecular formula is C12H11F3N2O7. The Morgan fingerprint density at radius 3 is 2.29 bits per heavy atom. The van der Waals surface area contributed by atoms with E-state index in [1.165, 1.54) is 29.7 Å². The number of alkyl halides is 3. The van der Waals surface area contributed by atoms with Gasteiger partial charge in [-0.3, -0.25) is 0 Å². The first kappa shape index (κ1) is 19.0. The molecule has 0 fully saturated rings. The Bertz CT molecular complexity index is 604. The SMILES string of the molecule is NC(Cc1ccc(O)cc1)C(=O)ONC(=O)OOC(=O)C(F)(F)F. The van der Waals surface area contributed by atoms with Crippen molar-refractivity contribution in [2.45, 2.75) is 18.6 Å². The number of nitrogens with one attached hydrogen (secondary N) is 1. The minimum Gasteiger partial charge on any atom is -0.508 e. The fourth-order valence-electron chi connectivity index (χ4n) is 1.28. The molecule has 0 heterocycles. The van der Waals surface area contributed by atoms with Gasteiger partial charge in [-0.05, 0) is 24.1 Å². The maximum Gasteiger partial charge on any atom is 0.495 e. The van der Waals surface area contributed by atoms with Gasteiger partial charge in [0, 0.05) is 0 Å². The molecule has 4 N–H and O–H groups in total. The fraction of sp³-hybridized carbons (Fsp3) is 0.250. The van der Waals surface area contributed by atoms with Gasteiger partial charge in [-0.1, -0.05) is 12.1 Å². The number of phenols is 1. The van der Waals surface area contributed by atoms with Gasteiger partial charge in [-0.2, -0.15) is 13.2 Å². The number of aromatic hydroxyl groups is 1. The van der Waals surface area contributed by atoms with Crippen LogP contribution in [0.15, 0.2) is 24.3 Å². The molecule has 0 aliphatic carbocycles. The highest BCUT2D eigenvalue weighted by Crippen LogP contribution is 2.16. The standard InChI is InChI=1S/C12H11F3N2O7/c13-12(14,15)10(20)23-24-11(21)17-22-9(19)8(16)5-6-1-3-7(18)4-2-6/h1-4,8,18H,5,16H2,(H,17,21). The van der Waals surface area contributed by atoms with Crippen molar-refractivity contribution >= 4 is 18.0 Å². The molecule has 1 atom stereocenters. The lowest BCUT2D eigenvalue weighted by Gasteiger charge is -2.11. The van der Waals surface area contributed by atoms with Gasteiger partial charge < -0.3 is 15.7 Å². The van der Waals surface area contributed by atoms with Crippen LogP contribution < -0.4 is 11.2 Å². The molecule has 0 saturated carbocycles. The van der Waals surface area contributed by atoms with Crippen molar-refractivity contribution in [1.29, 1.82) is 0 Å². The first-order chi connectivity index (χ1) is 11.1. The molecule has 1 amide bonds. The van der Waals surface area contributed by atoms with Crippen molar-refractivity contribution < 1.29 is 47.3 Å². The fourth-order valence-corrected chi connectivity index (χ4v) is 1.28. The average Bonchev–Trinajstić information content (AvgIpc) is 2.51. The molecule has 12 heteroatoms. The van der Waals surface area contributed by atoms with Crippen LogP contribution in [0.4, 0.5) is 18.0 Å². The van der Waals surface area contributed by atoms with E-state index < -0.39 is 30.2 Å². The van der Waals surface area contributed by atoms with Gasteiger partial charge >= 0.3 is 24.2 Å². The summed E-state index contributed by atoms with van der Waals surface area (Å²) in [5.74, 6) is -3.90. The quantitative estimate of drug-likeness (QED) is 0.527. The summed E-state index contributed by atoms with van der Waals surface area (Å²) >= 11 is 0. The molecule has 0 spiro atoms. The van der Waals surface area contributed by atoms with Crippen molar-refractivity contribution in [3.63, 3.8) is 0 Å². The Morgan fingerprint density at radius 1 is 1.17 bits per heavy atom.